The van der Waals surface area contributed by atoms with Gasteiger partial charge in [-0.2, -0.15) is 0 Å². The molecule has 0 amide bonds. The minimum atomic E-state index is -0.711. The molecule has 1 radical (unpaired) electrons. The van der Waals surface area contributed by atoms with E-state index in [1.807, 2.05) is 6.92 Å². The summed E-state index contributed by atoms with van der Waals surface area (Å²) in [6, 6.07) is 0. The van der Waals surface area contributed by atoms with Gasteiger partial charge in [-0.25, -0.2) is 0 Å². The zero-order valence-electron chi connectivity index (χ0n) is 8.35. The molecule has 0 aromatic carbocycles. The molecule has 2 nitrogen and oxygen atoms in total. The Balaban J connectivity index is 0. The van der Waals surface area contributed by atoms with Crippen molar-refractivity contribution in [3.05, 3.63) is 0 Å². The summed E-state index contributed by atoms with van der Waals surface area (Å²) in [5.74, 6) is -0.711. The van der Waals surface area contributed by atoms with E-state index in [0.29, 0.717) is 6.42 Å². The summed E-state index contributed by atoms with van der Waals surface area (Å²) in [7, 11) is 0. The first-order valence-electron chi connectivity index (χ1n) is 4.99. The van der Waals surface area contributed by atoms with E-state index >= 15 is 0 Å². The molecule has 0 aromatic heterocycles. The molecular formula is C10H20O2Rh. The fraction of sp³-hybridized carbons (Fsp3) is 0.900. The third-order valence-electron chi connectivity index (χ3n) is 1.96. The normalized spacial score (nSPS) is 14.8. The summed E-state index contributed by atoms with van der Waals surface area (Å²) >= 11 is 0. The Labute approximate surface area is 93.9 Å². The van der Waals surface area contributed by atoms with Crippen LogP contribution in [0.5, 0.6) is 0 Å². The molecule has 0 bridgehead atoms. The molecule has 0 aliphatic heterocycles. The monoisotopic (exact) mass is 275 g/mol. The van der Waals surface area contributed by atoms with E-state index in [4.69, 9.17) is 5.11 Å². The molecule has 1 fully saturated rings. The number of aliphatic carboxylic acids is 1. The van der Waals surface area contributed by atoms with Crippen LogP contribution in [-0.2, 0) is 24.3 Å². The number of carboxylic acid groups (broad SMARTS) is 1. The van der Waals surface area contributed by atoms with E-state index < -0.39 is 5.97 Å². The van der Waals surface area contributed by atoms with Crippen LogP contribution >= 0.6 is 0 Å². The molecule has 0 aromatic rings. The second-order valence-electron chi connectivity index (χ2n) is 3.27. The molecule has 13 heavy (non-hydrogen) atoms. The molecule has 3 heteroatoms. The van der Waals surface area contributed by atoms with Crippen LogP contribution in [0, 0.1) is 0 Å². The first-order valence-corrected chi connectivity index (χ1v) is 4.99. The van der Waals surface area contributed by atoms with Crippen LogP contribution < -0.4 is 0 Å². The van der Waals surface area contributed by atoms with Crippen molar-refractivity contribution in [2.75, 3.05) is 0 Å². The maximum Gasteiger partial charge on any atom is 0.303 e. The van der Waals surface area contributed by atoms with Gasteiger partial charge in [0.05, 0.1) is 0 Å². The zero-order valence-corrected chi connectivity index (χ0v) is 9.98. The minimum Gasteiger partial charge on any atom is -0.481 e. The maximum atomic E-state index is 9.60. The Kier molecular flexibility index (Phi) is 14.5. The van der Waals surface area contributed by atoms with Gasteiger partial charge in [0.1, 0.15) is 0 Å². The molecule has 81 valence electrons. The van der Waals surface area contributed by atoms with Crippen molar-refractivity contribution in [3.63, 3.8) is 0 Å². The van der Waals surface area contributed by atoms with E-state index in [9.17, 15) is 4.79 Å². The molecule has 0 atom stereocenters. The first kappa shape index (κ1) is 15.6. The number of carboxylic acids is 1. The van der Waals surface area contributed by atoms with Crippen molar-refractivity contribution in [1.82, 2.24) is 0 Å². The molecule has 0 unspecified atom stereocenters. The van der Waals surface area contributed by atoms with Gasteiger partial charge in [0.15, 0.2) is 0 Å². The third kappa shape index (κ3) is 14.9. The molecule has 1 N–H and O–H groups in total. The Morgan fingerprint density at radius 3 is 1.46 bits per heavy atom. The summed E-state index contributed by atoms with van der Waals surface area (Å²) in [5, 5.41) is 7.91. The van der Waals surface area contributed by atoms with E-state index in [2.05, 4.69) is 0 Å². The summed E-state index contributed by atoms with van der Waals surface area (Å²) in [6.07, 6.45) is 10.0. The molecular weight excluding hydrogens is 255 g/mol. The summed E-state index contributed by atoms with van der Waals surface area (Å²) in [4.78, 5) is 9.60. The number of carbonyl (C=O) groups is 1. The molecule has 1 aliphatic carbocycles. The van der Waals surface area contributed by atoms with Crippen molar-refractivity contribution in [2.45, 2.75) is 58.3 Å². The number of rotatable bonds is 2. The van der Waals surface area contributed by atoms with Gasteiger partial charge in [0, 0.05) is 25.9 Å². The zero-order chi connectivity index (χ0) is 9.23. The van der Waals surface area contributed by atoms with E-state index in [-0.39, 0.29) is 19.5 Å². The fourth-order valence-electron chi connectivity index (χ4n) is 1.27. The summed E-state index contributed by atoms with van der Waals surface area (Å²) in [5.41, 5.74) is 0. The Bertz CT molecular complexity index is 100.0. The SMILES string of the molecule is C1CCCCC1.CCCC(=O)O.[Rh]. The second kappa shape index (κ2) is 12.1. The largest absolute Gasteiger partial charge is 0.481 e. The molecule has 0 heterocycles. The van der Waals surface area contributed by atoms with Crippen LogP contribution in [0.3, 0.4) is 0 Å². The van der Waals surface area contributed by atoms with Gasteiger partial charge in [-0.3, -0.25) is 4.79 Å². The van der Waals surface area contributed by atoms with Crippen molar-refractivity contribution in [3.8, 4) is 0 Å². The predicted octanol–water partition coefficient (Wildman–Crippen LogP) is 3.21. The molecule has 1 aliphatic rings. The van der Waals surface area contributed by atoms with Crippen LogP contribution in [0.25, 0.3) is 0 Å². The topological polar surface area (TPSA) is 37.3 Å². The third-order valence-corrected chi connectivity index (χ3v) is 1.96. The van der Waals surface area contributed by atoms with Gasteiger partial charge in [-0.05, 0) is 6.42 Å². The quantitative estimate of drug-likeness (QED) is 0.786. The van der Waals surface area contributed by atoms with Crippen molar-refractivity contribution >= 4 is 5.97 Å². The van der Waals surface area contributed by atoms with E-state index in [0.717, 1.165) is 6.42 Å². The number of hydrogen-bond acceptors (Lipinski definition) is 1. The maximum absolute atomic E-state index is 9.60. The van der Waals surface area contributed by atoms with Gasteiger partial charge in [0.25, 0.3) is 0 Å². The van der Waals surface area contributed by atoms with Crippen molar-refractivity contribution in [2.24, 2.45) is 0 Å². The van der Waals surface area contributed by atoms with Crippen LogP contribution in [0.4, 0.5) is 0 Å². The van der Waals surface area contributed by atoms with Gasteiger partial charge >= 0.3 is 5.97 Å². The minimum absolute atomic E-state index is 0. The van der Waals surface area contributed by atoms with Crippen LogP contribution in [-0.4, -0.2) is 11.1 Å². The number of hydrogen-bond donors (Lipinski definition) is 1. The van der Waals surface area contributed by atoms with Gasteiger partial charge in [-0.15, -0.1) is 0 Å². The fourth-order valence-corrected chi connectivity index (χ4v) is 1.27. The summed E-state index contributed by atoms with van der Waals surface area (Å²) < 4.78 is 0. The van der Waals surface area contributed by atoms with Gasteiger partial charge in [-0.1, -0.05) is 45.4 Å². The molecule has 1 saturated carbocycles. The standard InChI is InChI=1S/C6H12.C4H8O2.Rh/c1-2-4-6-5-3-1;1-2-3-4(5)6;/h1-6H2;2-3H2,1H3,(H,5,6);. The molecule has 0 saturated heterocycles. The van der Waals surface area contributed by atoms with E-state index in [1.54, 1.807) is 0 Å². The molecule has 0 spiro atoms. The predicted molar refractivity (Wildman–Crippen MR) is 50.2 cm³/mol. The van der Waals surface area contributed by atoms with Crippen LogP contribution in [0.1, 0.15) is 58.3 Å². The van der Waals surface area contributed by atoms with Crippen LogP contribution in [0.2, 0.25) is 0 Å². The average molecular weight is 275 g/mol. The van der Waals surface area contributed by atoms with Gasteiger partial charge < -0.3 is 5.11 Å². The van der Waals surface area contributed by atoms with Gasteiger partial charge in [0.2, 0.25) is 0 Å². The van der Waals surface area contributed by atoms with E-state index in [1.165, 1.54) is 38.5 Å². The van der Waals surface area contributed by atoms with Crippen molar-refractivity contribution in [1.29, 1.82) is 0 Å². The Morgan fingerprint density at radius 2 is 1.38 bits per heavy atom. The van der Waals surface area contributed by atoms with Crippen molar-refractivity contribution < 1.29 is 29.4 Å². The first-order chi connectivity index (χ1) is 5.77. The second-order valence-corrected chi connectivity index (χ2v) is 3.27. The Hall–Kier alpha value is 0.0934. The Morgan fingerprint density at radius 1 is 1.08 bits per heavy atom. The van der Waals surface area contributed by atoms with Crippen LogP contribution in [0.15, 0.2) is 0 Å². The smallest absolute Gasteiger partial charge is 0.303 e. The average Bonchev–Trinajstić information content (AvgIpc) is 2.08. The molecule has 1 rings (SSSR count). The summed E-state index contributed by atoms with van der Waals surface area (Å²) in [6.45, 7) is 1.84.